The lowest BCUT2D eigenvalue weighted by Gasteiger charge is -2.31. The summed E-state index contributed by atoms with van der Waals surface area (Å²) < 4.78 is 15.5. The molecule has 1 aliphatic rings. The van der Waals surface area contributed by atoms with Crippen LogP contribution >= 0.6 is 23.1 Å². The lowest BCUT2D eigenvalue weighted by Crippen LogP contribution is -2.33. The van der Waals surface area contributed by atoms with Crippen LogP contribution in [0.15, 0.2) is 46.9 Å². The third-order valence-corrected chi connectivity index (χ3v) is 7.72. The number of thiophene rings is 1. The second-order valence-electron chi connectivity index (χ2n) is 8.02. The first-order chi connectivity index (χ1) is 15.5. The summed E-state index contributed by atoms with van der Waals surface area (Å²) >= 11 is 2.97. The van der Waals surface area contributed by atoms with E-state index >= 15 is 0 Å². The molecule has 1 saturated heterocycles. The van der Waals surface area contributed by atoms with Crippen molar-refractivity contribution in [3.63, 3.8) is 0 Å². The van der Waals surface area contributed by atoms with Crippen LogP contribution in [-0.4, -0.2) is 44.4 Å². The Labute approximate surface area is 196 Å². The van der Waals surface area contributed by atoms with E-state index in [9.17, 15) is 9.18 Å². The number of halogens is 1. The molecule has 1 fully saturated rings. The molecule has 2 atom stereocenters. The summed E-state index contributed by atoms with van der Waals surface area (Å²) in [4.78, 5) is 16.1. The first-order valence-corrected chi connectivity index (χ1v) is 12.8. The Bertz CT molecular complexity index is 1020. The van der Waals surface area contributed by atoms with Gasteiger partial charge in [-0.1, -0.05) is 24.2 Å². The number of thioether (sulfide) groups is 1. The van der Waals surface area contributed by atoms with Gasteiger partial charge in [-0.2, -0.15) is 0 Å². The fourth-order valence-corrected chi connectivity index (χ4v) is 5.47. The van der Waals surface area contributed by atoms with Crippen molar-refractivity contribution in [2.45, 2.75) is 50.4 Å². The van der Waals surface area contributed by atoms with E-state index in [1.807, 2.05) is 29.0 Å². The maximum absolute atomic E-state index is 13.6. The molecule has 0 radical (unpaired) electrons. The SMILES string of the molecule is C[C@H](c1nnc(SCC(=O)N[C@H](C)c2cccs2)n1-c1ccc(F)cc1)N1CCCCC1. The molecule has 4 rings (SSSR count). The number of piperidine rings is 1. The number of carbonyl (C=O) groups excluding carboxylic acids is 1. The van der Waals surface area contributed by atoms with E-state index in [2.05, 4.69) is 27.3 Å². The van der Waals surface area contributed by atoms with E-state index in [-0.39, 0.29) is 29.6 Å². The lowest BCUT2D eigenvalue weighted by atomic mass is 10.1. The highest BCUT2D eigenvalue weighted by Crippen LogP contribution is 2.29. The monoisotopic (exact) mass is 473 g/mol. The minimum atomic E-state index is -0.288. The van der Waals surface area contributed by atoms with Crippen LogP contribution in [-0.2, 0) is 4.79 Å². The van der Waals surface area contributed by atoms with E-state index in [4.69, 9.17) is 0 Å². The van der Waals surface area contributed by atoms with Gasteiger partial charge in [-0.15, -0.1) is 21.5 Å². The number of benzene rings is 1. The summed E-state index contributed by atoms with van der Waals surface area (Å²) in [7, 11) is 0. The van der Waals surface area contributed by atoms with Gasteiger partial charge in [0.2, 0.25) is 5.91 Å². The molecule has 1 amide bonds. The molecule has 1 aromatic carbocycles. The van der Waals surface area contributed by atoms with Crippen LogP contribution in [0.1, 0.15) is 55.9 Å². The van der Waals surface area contributed by atoms with Gasteiger partial charge in [-0.25, -0.2) is 4.39 Å². The Morgan fingerprint density at radius 3 is 2.59 bits per heavy atom. The number of aromatic nitrogens is 3. The van der Waals surface area contributed by atoms with E-state index < -0.39 is 0 Å². The van der Waals surface area contributed by atoms with Crippen LogP contribution in [0.5, 0.6) is 0 Å². The Kier molecular flexibility index (Phi) is 7.59. The summed E-state index contributed by atoms with van der Waals surface area (Å²) in [5, 5.41) is 14.6. The van der Waals surface area contributed by atoms with Crippen LogP contribution in [0.2, 0.25) is 0 Å². The molecule has 0 spiro atoms. The number of likely N-dealkylation sites (tertiary alicyclic amines) is 1. The number of carbonyl (C=O) groups is 1. The van der Waals surface area contributed by atoms with Gasteiger partial charge in [0.1, 0.15) is 5.82 Å². The third kappa shape index (κ3) is 5.39. The number of nitrogens with one attached hydrogen (secondary N) is 1. The van der Waals surface area contributed by atoms with Crippen LogP contribution in [0.3, 0.4) is 0 Å². The van der Waals surface area contributed by atoms with Gasteiger partial charge in [0.15, 0.2) is 11.0 Å². The standard InChI is InChI=1S/C23H28FN5OS2/c1-16(20-7-6-14-31-20)25-21(30)15-32-23-27-26-22(17(2)28-12-4-3-5-13-28)29(23)19-10-8-18(24)9-11-19/h6-11,14,16-17H,3-5,12-13,15H2,1-2H3,(H,25,30)/t16-,17-/m1/s1. The van der Waals surface area contributed by atoms with Gasteiger partial charge in [-0.3, -0.25) is 14.3 Å². The van der Waals surface area contributed by atoms with Crippen molar-refractivity contribution in [1.82, 2.24) is 25.0 Å². The Hall–Kier alpha value is -2.23. The largest absolute Gasteiger partial charge is 0.348 e. The van der Waals surface area contributed by atoms with Gasteiger partial charge in [0.25, 0.3) is 0 Å². The van der Waals surface area contributed by atoms with Crippen molar-refractivity contribution in [3.05, 3.63) is 58.3 Å². The highest BCUT2D eigenvalue weighted by molar-refractivity contribution is 7.99. The Morgan fingerprint density at radius 1 is 1.16 bits per heavy atom. The van der Waals surface area contributed by atoms with Gasteiger partial charge in [0, 0.05) is 10.6 Å². The van der Waals surface area contributed by atoms with Crippen LogP contribution in [0.25, 0.3) is 5.69 Å². The molecule has 0 aliphatic carbocycles. The molecular formula is C23H28FN5OS2. The Morgan fingerprint density at radius 2 is 1.91 bits per heavy atom. The molecule has 170 valence electrons. The Balaban J connectivity index is 1.52. The summed E-state index contributed by atoms with van der Waals surface area (Å²) in [6.07, 6.45) is 3.62. The van der Waals surface area contributed by atoms with E-state index in [0.29, 0.717) is 5.16 Å². The maximum Gasteiger partial charge on any atom is 0.230 e. The average Bonchev–Trinajstić information content (AvgIpc) is 3.49. The number of hydrogen-bond acceptors (Lipinski definition) is 6. The van der Waals surface area contributed by atoms with Crippen molar-refractivity contribution >= 4 is 29.0 Å². The summed E-state index contributed by atoms with van der Waals surface area (Å²) in [6.45, 7) is 6.18. The highest BCUT2D eigenvalue weighted by Gasteiger charge is 2.26. The molecule has 1 aliphatic heterocycles. The quantitative estimate of drug-likeness (QED) is 0.467. The molecule has 6 nitrogen and oxygen atoms in total. The number of nitrogens with zero attached hydrogens (tertiary/aromatic N) is 4. The highest BCUT2D eigenvalue weighted by atomic mass is 32.2. The minimum Gasteiger partial charge on any atom is -0.348 e. The van der Waals surface area contributed by atoms with E-state index in [1.54, 1.807) is 23.5 Å². The minimum absolute atomic E-state index is 0.0345. The first kappa shape index (κ1) is 22.9. The molecule has 2 aromatic heterocycles. The molecule has 0 saturated carbocycles. The zero-order valence-electron chi connectivity index (χ0n) is 18.3. The first-order valence-electron chi connectivity index (χ1n) is 10.9. The molecule has 1 N–H and O–H groups in total. The van der Waals surface area contributed by atoms with E-state index in [0.717, 1.165) is 29.5 Å². The molecule has 3 aromatic rings. The molecular weight excluding hydrogens is 445 g/mol. The predicted molar refractivity (Wildman–Crippen MR) is 127 cm³/mol. The predicted octanol–water partition coefficient (Wildman–Crippen LogP) is 4.98. The fraction of sp³-hybridized carbons (Fsp3) is 0.435. The second-order valence-corrected chi connectivity index (χ2v) is 9.94. The molecule has 0 unspecified atom stereocenters. The van der Waals surface area contributed by atoms with Gasteiger partial charge in [-0.05, 0) is 75.5 Å². The van der Waals surface area contributed by atoms with Crippen molar-refractivity contribution in [2.75, 3.05) is 18.8 Å². The van der Waals surface area contributed by atoms with Crippen molar-refractivity contribution in [1.29, 1.82) is 0 Å². The second kappa shape index (κ2) is 10.6. The van der Waals surface area contributed by atoms with Crippen LogP contribution in [0.4, 0.5) is 4.39 Å². The lowest BCUT2D eigenvalue weighted by molar-refractivity contribution is -0.119. The van der Waals surface area contributed by atoms with E-state index in [1.165, 1.54) is 43.2 Å². The van der Waals surface area contributed by atoms with Gasteiger partial charge < -0.3 is 5.32 Å². The normalized spacial score (nSPS) is 16.6. The summed E-state index contributed by atoms with van der Waals surface area (Å²) in [5.41, 5.74) is 0.796. The molecule has 9 heteroatoms. The smallest absolute Gasteiger partial charge is 0.230 e. The van der Waals surface area contributed by atoms with Gasteiger partial charge in [0.05, 0.1) is 17.8 Å². The topological polar surface area (TPSA) is 63.1 Å². The maximum atomic E-state index is 13.6. The van der Waals surface area contributed by atoms with Crippen LogP contribution in [0, 0.1) is 5.82 Å². The molecule has 32 heavy (non-hydrogen) atoms. The van der Waals surface area contributed by atoms with Crippen molar-refractivity contribution in [2.24, 2.45) is 0 Å². The summed E-state index contributed by atoms with van der Waals surface area (Å²) in [6, 6.07) is 10.4. The number of rotatable bonds is 8. The zero-order chi connectivity index (χ0) is 22.5. The zero-order valence-corrected chi connectivity index (χ0v) is 20.0. The van der Waals surface area contributed by atoms with Crippen LogP contribution < -0.4 is 5.32 Å². The van der Waals surface area contributed by atoms with Crippen molar-refractivity contribution < 1.29 is 9.18 Å². The number of hydrogen-bond donors (Lipinski definition) is 1. The van der Waals surface area contributed by atoms with Gasteiger partial charge >= 0.3 is 0 Å². The molecule has 0 bridgehead atoms. The average molecular weight is 474 g/mol. The number of amides is 1. The molecule has 3 heterocycles. The third-order valence-electron chi connectivity index (χ3n) is 5.74. The fourth-order valence-electron chi connectivity index (χ4n) is 3.97. The van der Waals surface area contributed by atoms with Crippen molar-refractivity contribution in [3.8, 4) is 5.69 Å². The summed E-state index contributed by atoms with van der Waals surface area (Å²) in [5.74, 6) is 0.694.